The summed E-state index contributed by atoms with van der Waals surface area (Å²) in [6, 6.07) is 0. The van der Waals surface area contributed by atoms with E-state index in [1.807, 2.05) is 0 Å². The van der Waals surface area contributed by atoms with Crippen LogP contribution in [0.1, 0.15) is 6.92 Å². The van der Waals surface area contributed by atoms with Gasteiger partial charge in [0.15, 0.2) is 6.29 Å². The average Bonchev–Trinajstić information content (AvgIpc) is 1.20. The maximum atomic E-state index is 8.68. The van der Waals surface area contributed by atoms with E-state index in [-0.39, 0.29) is 0 Å². The van der Waals surface area contributed by atoms with E-state index in [0.717, 1.165) is 0 Å². The average molecular weight is 440 g/mol. The van der Waals surface area contributed by atoms with Crippen molar-refractivity contribution < 1.29 is 12.1 Å². The van der Waals surface area contributed by atoms with Gasteiger partial charge in [0.2, 0.25) is 0 Å². The SMILES string of the molecule is C[C]=O.[Cl][W]([Cl])([Cl])([Cl])([Cl])[Cl]. The second-order valence-corrected chi connectivity index (χ2v) is 64.7. The Bertz CT molecular complexity index is 105. The van der Waals surface area contributed by atoms with Gasteiger partial charge >= 0.3 is 63.8 Å². The van der Waals surface area contributed by atoms with Gasteiger partial charge in [-0.1, -0.05) is 0 Å². The molecule has 0 saturated heterocycles. The minimum atomic E-state index is -5.47. The predicted molar refractivity (Wildman–Crippen MR) is 46.5 cm³/mol. The molecule has 0 spiro atoms. The fourth-order valence-electron chi connectivity index (χ4n) is 0. The maximum absolute atomic E-state index is 8.68. The summed E-state index contributed by atoms with van der Waals surface area (Å²) in [7, 11) is 24.9. The van der Waals surface area contributed by atoms with Crippen molar-refractivity contribution in [3.8, 4) is 0 Å². The van der Waals surface area contributed by atoms with Crippen molar-refractivity contribution in [3.63, 3.8) is 0 Å². The molecule has 0 bridgehead atoms. The van der Waals surface area contributed by atoms with Crippen LogP contribution in [0, 0.1) is 0 Å². The summed E-state index contributed by atoms with van der Waals surface area (Å²) in [5.41, 5.74) is 0. The molecule has 0 unspecified atom stereocenters. The van der Waals surface area contributed by atoms with Crippen LogP contribution in [0.3, 0.4) is 0 Å². The van der Waals surface area contributed by atoms with E-state index in [2.05, 4.69) is 0 Å². The molecule has 0 atom stereocenters. The molecule has 0 amide bonds. The summed E-state index contributed by atoms with van der Waals surface area (Å²) in [6.45, 7) is 1.32. The molecule has 0 saturated carbocycles. The molecule has 0 N–H and O–H groups in total. The second kappa shape index (κ2) is 3.46. The summed E-state index contributed by atoms with van der Waals surface area (Å²) in [4.78, 5) is 8.68. The summed E-state index contributed by atoms with van der Waals surface area (Å²) in [5, 5.41) is 0. The molecule has 0 aliphatic carbocycles. The first-order chi connectivity index (χ1) is 3.86. The molecule has 0 aliphatic heterocycles. The Hall–Kier alpha value is 2.10. The van der Waals surface area contributed by atoms with Gasteiger partial charge in [-0.2, -0.15) is 0 Å². The number of rotatable bonds is 0. The van der Waals surface area contributed by atoms with E-state index in [0.29, 0.717) is 0 Å². The normalized spacial score (nSPS) is 17.5. The second-order valence-electron chi connectivity index (χ2n) is 1.08. The van der Waals surface area contributed by atoms with Crippen molar-refractivity contribution in [1.82, 2.24) is 0 Å². The molecule has 10 heavy (non-hydrogen) atoms. The zero-order valence-corrected chi connectivity index (χ0v) is 12.1. The molecule has 8 heteroatoms. The van der Waals surface area contributed by atoms with E-state index in [4.69, 9.17) is 61.3 Å². The van der Waals surface area contributed by atoms with Gasteiger partial charge in [0.25, 0.3) is 0 Å². The third kappa shape index (κ3) is 190. The van der Waals surface area contributed by atoms with Crippen molar-refractivity contribution in [1.29, 1.82) is 0 Å². The van der Waals surface area contributed by atoms with Crippen LogP contribution in [0.4, 0.5) is 0 Å². The van der Waals surface area contributed by atoms with Crippen molar-refractivity contribution in [2.75, 3.05) is 0 Å². The molecule has 0 fully saturated rings. The Morgan fingerprint density at radius 3 is 1.00 bits per heavy atom. The van der Waals surface area contributed by atoms with Gasteiger partial charge in [0, 0.05) is 6.92 Å². The Kier molecular flexibility index (Phi) is 5.05. The van der Waals surface area contributed by atoms with Crippen molar-refractivity contribution in [2.45, 2.75) is 6.92 Å². The Morgan fingerprint density at radius 1 is 1.00 bits per heavy atom. The monoisotopic (exact) mass is 437 g/mol. The van der Waals surface area contributed by atoms with Crippen LogP contribution in [0.15, 0.2) is 0 Å². The third-order valence-corrected chi connectivity index (χ3v) is 0. The van der Waals surface area contributed by atoms with Gasteiger partial charge in [-0.25, -0.2) is 0 Å². The summed E-state index contributed by atoms with van der Waals surface area (Å²) >= 11 is 0. The standard InChI is InChI=1S/C2H3O.6ClH.W/c1-2-3;;;;;;;/h1H3;6*1H;/q;;;;;;;+6/p-6. The molecular formula is C2H3Cl6OW. The van der Waals surface area contributed by atoms with Gasteiger partial charge in [-0.05, 0) is 0 Å². The molecule has 65 valence electrons. The Labute approximate surface area is 80.9 Å². The van der Waals surface area contributed by atoms with Crippen molar-refractivity contribution in [3.05, 3.63) is 0 Å². The summed E-state index contributed by atoms with van der Waals surface area (Å²) in [5.74, 6) is 0. The number of carbonyl (C=O) groups excluding carboxylic acids is 1. The zero-order valence-electron chi connectivity index (χ0n) is 4.58. The molecule has 0 aromatic rings. The van der Waals surface area contributed by atoms with E-state index >= 15 is 0 Å². The van der Waals surface area contributed by atoms with Crippen LogP contribution in [-0.2, 0) is 12.1 Å². The zero-order chi connectivity index (χ0) is 9.12. The van der Waals surface area contributed by atoms with Gasteiger partial charge < -0.3 is 0 Å². The number of hydrogen-bond donors (Lipinski definition) is 0. The van der Waals surface area contributed by atoms with Crippen LogP contribution >= 0.6 is 56.5 Å². The van der Waals surface area contributed by atoms with E-state index in [1.165, 1.54) is 13.2 Å². The quantitative estimate of drug-likeness (QED) is 0.552. The van der Waals surface area contributed by atoms with Crippen LogP contribution in [0.25, 0.3) is 0 Å². The van der Waals surface area contributed by atoms with Crippen LogP contribution in [0.2, 0.25) is 0 Å². The van der Waals surface area contributed by atoms with Crippen LogP contribution in [-0.4, -0.2) is 6.29 Å². The van der Waals surface area contributed by atoms with Crippen molar-refractivity contribution >= 4 is 62.8 Å². The van der Waals surface area contributed by atoms with E-state index in [9.17, 15) is 0 Å². The van der Waals surface area contributed by atoms with Crippen molar-refractivity contribution in [2.24, 2.45) is 0 Å². The van der Waals surface area contributed by atoms with Gasteiger partial charge in [-0.3, -0.25) is 4.79 Å². The summed E-state index contributed by atoms with van der Waals surface area (Å²) in [6.07, 6.45) is 1.50. The molecular weight excluding hydrogens is 437 g/mol. The van der Waals surface area contributed by atoms with E-state index in [1.54, 1.807) is 0 Å². The van der Waals surface area contributed by atoms with Crippen LogP contribution < -0.4 is 0 Å². The van der Waals surface area contributed by atoms with Gasteiger partial charge in [-0.15, -0.1) is 0 Å². The first kappa shape index (κ1) is 14.6. The number of hydrogen-bond acceptors (Lipinski definition) is 1. The topological polar surface area (TPSA) is 17.1 Å². The Morgan fingerprint density at radius 2 is 1.00 bits per heavy atom. The molecule has 0 heterocycles. The Balaban J connectivity index is 0. The third-order valence-electron chi connectivity index (χ3n) is 0. The fourth-order valence-corrected chi connectivity index (χ4v) is 0. The molecule has 0 aromatic heterocycles. The molecule has 0 aliphatic rings. The molecule has 0 aromatic carbocycles. The molecule has 1 radical (unpaired) electrons. The number of halogens is 6. The first-order valence-electron chi connectivity index (χ1n) is 1.63. The first-order valence-corrected chi connectivity index (χ1v) is 23.4. The van der Waals surface area contributed by atoms with Gasteiger partial charge in [0.05, 0.1) is 0 Å². The minimum absolute atomic E-state index is 1.32. The fraction of sp³-hybridized carbons (Fsp3) is 0.500. The van der Waals surface area contributed by atoms with Crippen LogP contribution in [0.5, 0.6) is 0 Å². The summed E-state index contributed by atoms with van der Waals surface area (Å²) < 4.78 is 0. The van der Waals surface area contributed by atoms with E-state index < -0.39 is 7.31 Å². The molecule has 1 nitrogen and oxygen atoms in total. The molecule has 0 rings (SSSR count). The predicted octanol–water partition coefficient (Wildman–Crippen LogP) is 4.25. The van der Waals surface area contributed by atoms with Gasteiger partial charge in [0.1, 0.15) is 0 Å².